The number of ether oxygens (including phenoxy) is 2. The van der Waals surface area contributed by atoms with Gasteiger partial charge in [-0.05, 0) is 30.7 Å². The zero-order chi connectivity index (χ0) is 20.4. The molecule has 156 valence electrons. The Hall–Kier alpha value is -2.43. The Bertz CT molecular complexity index is 1030. The number of aromatic amines is 1. The van der Waals surface area contributed by atoms with Crippen LogP contribution in [-0.2, 0) is 27.6 Å². The Morgan fingerprint density at radius 1 is 1.07 bits per heavy atom. The number of rotatable bonds is 4. The van der Waals surface area contributed by atoms with E-state index in [9.17, 15) is 13.2 Å². The number of nitrogens with one attached hydrogen (secondary N) is 1. The molecular formula is C19H24N4O5S. The fraction of sp³-hybridized carbons (Fsp3) is 0.474. The van der Waals surface area contributed by atoms with E-state index in [0.717, 1.165) is 0 Å². The molecule has 9 nitrogen and oxygen atoms in total. The number of hydrogen-bond acceptors (Lipinski definition) is 7. The smallest absolute Gasteiger partial charge is 0.255 e. The van der Waals surface area contributed by atoms with Crippen molar-refractivity contribution in [2.24, 2.45) is 0 Å². The van der Waals surface area contributed by atoms with Gasteiger partial charge in [0.05, 0.1) is 30.9 Å². The van der Waals surface area contributed by atoms with Crippen LogP contribution in [0.3, 0.4) is 0 Å². The van der Waals surface area contributed by atoms with Crippen LogP contribution >= 0.6 is 0 Å². The third-order valence-corrected chi connectivity index (χ3v) is 7.22. The second-order valence-electron chi connectivity index (χ2n) is 6.99. The summed E-state index contributed by atoms with van der Waals surface area (Å²) in [6.07, 6.45) is 0.725. The van der Waals surface area contributed by atoms with Crippen molar-refractivity contribution in [3.05, 3.63) is 45.9 Å². The summed E-state index contributed by atoms with van der Waals surface area (Å²) in [5.74, 6) is 1.13. The molecule has 0 radical (unpaired) electrons. The first kappa shape index (κ1) is 19.9. The molecule has 2 aliphatic rings. The van der Waals surface area contributed by atoms with Crippen LogP contribution in [0.15, 0.2) is 34.0 Å². The van der Waals surface area contributed by atoms with Gasteiger partial charge in [-0.3, -0.25) is 9.78 Å². The van der Waals surface area contributed by atoms with Crippen LogP contribution in [0.4, 0.5) is 5.95 Å². The van der Waals surface area contributed by atoms with Crippen LogP contribution in [0, 0.1) is 0 Å². The minimum absolute atomic E-state index is 0.194. The molecule has 1 aromatic carbocycles. The number of H-pyrrole nitrogens is 1. The Morgan fingerprint density at radius 2 is 1.76 bits per heavy atom. The third kappa shape index (κ3) is 4.00. The molecule has 0 amide bonds. The van der Waals surface area contributed by atoms with Gasteiger partial charge in [-0.25, -0.2) is 13.4 Å². The number of sulfonamides is 1. The minimum Gasteiger partial charge on any atom is -0.497 e. The summed E-state index contributed by atoms with van der Waals surface area (Å²) in [5, 5.41) is 0. The molecule has 2 aromatic rings. The molecule has 4 rings (SSSR count). The number of anilines is 1. The van der Waals surface area contributed by atoms with E-state index in [1.54, 1.807) is 12.1 Å². The lowest BCUT2D eigenvalue weighted by molar-refractivity contribution is 0.122. The van der Waals surface area contributed by atoms with Crippen LogP contribution in [0.2, 0.25) is 0 Å². The molecule has 3 heterocycles. The topological polar surface area (TPSA) is 105 Å². The predicted molar refractivity (Wildman–Crippen MR) is 107 cm³/mol. The lowest BCUT2D eigenvalue weighted by Crippen LogP contribution is -2.38. The monoisotopic (exact) mass is 420 g/mol. The number of hydrogen-bond donors (Lipinski definition) is 1. The van der Waals surface area contributed by atoms with Crippen molar-refractivity contribution in [1.29, 1.82) is 0 Å². The molecule has 0 spiro atoms. The Morgan fingerprint density at radius 3 is 2.45 bits per heavy atom. The fourth-order valence-electron chi connectivity index (χ4n) is 3.64. The van der Waals surface area contributed by atoms with E-state index in [1.807, 2.05) is 4.90 Å². The first-order chi connectivity index (χ1) is 14.0. The maximum absolute atomic E-state index is 13.0. The average molecular weight is 420 g/mol. The summed E-state index contributed by atoms with van der Waals surface area (Å²) in [6, 6.07) is 6.32. The van der Waals surface area contributed by atoms with E-state index < -0.39 is 10.0 Å². The van der Waals surface area contributed by atoms with Crippen molar-refractivity contribution in [2.75, 3.05) is 51.4 Å². The quantitative estimate of drug-likeness (QED) is 0.764. The van der Waals surface area contributed by atoms with Crippen LogP contribution in [-0.4, -0.2) is 69.2 Å². The number of fused-ring (bicyclic) bond motifs is 1. The van der Waals surface area contributed by atoms with E-state index in [2.05, 4.69) is 9.97 Å². The molecular weight excluding hydrogens is 396 g/mol. The van der Waals surface area contributed by atoms with Gasteiger partial charge in [0.15, 0.2) is 0 Å². The van der Waals surface area contributed by atoms with Gasteiger partial charge in [0, 0.05) is 38.2 Å². The van der Waals surface area contributed by atoms with E-state index >= 15 is 0 Å². The van der Waals surface area contributed by atoms with E-state index in [0.29, 0.717) is 62.1 Å². The number of methoxy groups -OCH3 is 1. The second kappa shape index (κ2) is 8.13. The van der Waals surface area contributed by atoms with Crippen molar-refractivity contribution in [2.45, 2.75) is 17.7 Å². The molecule has 1 fully saturated rings. The van der Waals surface area contributed by atoms with Gasteiger partial charge in [-0.2, -0.15) is 4.31 Å². The van der Waals surface area contributed by atoms with Crippen molar-refractivity contribution < 1.29 is 17.9 Å². The van der Waals surface area contributed by atoms with Crippen LogP contribution in [0.1, 0.15) is 11.3 Å². The first-order valence-electron chi connectivity index (χ1n) is 9.58. The number of aromatic nitrogens is 2. The van der Waals surface area contributed by atoms with Crippen molar-refractivity contribution in [1.82, 2.24) is 14.3 Å². The summed E-state index contributed by atoms with van der Waals surface area (Å²) >= 11 is 0. The standard InChI is InChI=1S/C19H24N4O5S/c1-27-14-2-4-15(5-3-14)29(25,26)23-8-6-16-17(7-9-23)20-19(21-18(16)24)22-10-12-28-13-11-22/h2-5H,6-13H2,1H3,(H,20,21,24). The van der Waals surface area contributed by atoms with E-state index in [4.69, 9.17) is 9.47 Å². The van der Waals surface area contributed by atoms with Crippen LogP contribution < -0.4 is 15.2 Å². The molecule has 0 saturated carbocycles. The van der Waals surface area contributed by atoms with Gasteiger partial charge >= 0.3 is 0 Å². The summed E-state index contributed by atoms with van der Waals surface area (Å²) in [5.41, 5.74) is 1.04. The summed E-state index contributed by atoms with van der Waals surface area (Å²) < 4.78 is 38.0. The Kier molecular flexibility index (Phi) is 5.57. The SMILES string of the molecule is COc1ccc(S(=O)(=O)N2CCc3nc(N4CCOCC4)[nH]c(=O)c3CC2)cc1. The minimum atomic E-state index is -3.66. The highest BCUT2D eigenvalue weighted by Gasteiger charge is 2.28. The highest BCUT2D eigenvalue weighted by Crippen LogP contribution is 2.22. The molecule has 1 N–H and O–H groups in total. The normalized spacial score (nSPS) is 18.2. The first-order valence-corrected chi connectivity index (χ1v) is 11.0. The van der Waals surface area contributed by atoms with Crippen LogP contribution in [0.5, 0.6) is 5.75 Å². The number of benzene rings is 1. The molecule has 2 aliphatic heterocycles. The lowest BCUT2D eigenvalue weighted by atomic mass is 10.1. The average Bonchev–Trinajstić information content (AvgIpc) is 2.98. The Labute approximate surface area is 169 Å². The van der Waals surface area contributed by atoms with Gasteiger partial charge in [-0.15, -0.1) is 0 Å². The highest BCUT2D eigenvalue weighted by molar-refractivity contribution is 7.89. The van der Waals surface area contributed by atoms with Gasteiger partial charge in [0.25, 0.3) is 5.56 Å². The molecule has 1 saturated heterocycles. The molecule has 0 bridgehead atoms. The summed E-state index contributed by atoms with van der Waals surface area (Å²) in [4.78, 5) is 22.3. The van der Waals surface area contributed by atoms with Gasteiger partial charge in [0.2, 0.25) is 16.0 Å². The van der Waals surface area contributed by atoms with Crippen molar-refractivity contribution >= 4 is 16.0 Å². The Balaban J connectivity index is 1.57. The fourth-order valence-corrected chi connectivity index (χ4v) is 5.08. The summed E-state index contributed by atoms with van der Waals surface area (Å²) in [6.45, 7) is 3.03. The van der Waals surface area contributed by atoms with Crippen LogP contribution in [0.25, 0.3) is 0 Å². The van der Waals surface area contributed by atoms with E-state index in [1.165, 1.54) is 23.5 Å². The molecule has 10 heteroatoms. The summed E-state index contributed by atoms with van der Waals surface area (Å²) in [7, 11) is -2.13. The lowest BCUT2D eigenvalue weighted by Gasteiger charge is -2.27. The number of morpholine rings is 1. The maximum atomic E-state index is 13.0. The number of nitrogens with zero attached hydrogens (tertiary/aromatic N) is 3. The molecule has 0 aliphatic carbocycles. The van der Waals surface area contributed by atoms with E-state index in [-0.39, 0.29) is 23.5 Å². The molecule has 0 unspecified atom stereocenters. The molecule has 29 heavy (non-hydrogen) atoms. The predicted octanol–water partition coefficient (Wildman–Crippen LogP) is 0.405. The highest BCUT2D eigenvalue weighted by atomic mass is 32.2. The van der Waals surface area contributed by atoms with Crippen molar-refractivity contribution in [3.63, 3.8) is 0 Å². The van der Waals surface area contributed by atoms with Gasteiger partial charge in [-0.1, -0.05) is 0 Å². The zero-order valence-electron chi connectivity index (χ0n) is 16.3. The molecule has 0 atom stereocenters. The second-order valence-corrected chi connectivity index (χ2v) is 8.93. The largest absolute Gasteiger partial charge is 0.497 e. The van der Waals surface area contributed by atoms with Crippen molar-refractivity contribution in [3.8, 4) is 5.75 Å². The van der Waals surface area contributed by atoms with Gasteiger partial charge < -0.3 is 14.4 Å². The molecule has 1 aromatic heterocycles. The maximum Gasteiger partial charge on any atom is 0.255 e. The van der Waals surface area contributed by atoms with Gasteiger partial charge in [0.1, 0.15) is 5.75 Å². The zero-order valence-corrected chi connectivity index (χ0v) is 17.1. The third-order valence-electron chi connectivity index (χ3n) is 5.31.